The smallest absolute Gasteiger partial charge is 0.228 e. The van der Waals surface area contributed by atoms with Gasteiger partial charge in [0.15, 0.2) is 11.2 Å². The van der Waals surface area contributed by atoms with Gasteiger partial charge in [0.25, 0.3) is 0 Å². The number of fused-ring (bicyclic) bond motifs is 3. The van der Waals surface area contributed by atoms with Gasteiger partial charge in [-0.15, -0.1) is 0 Å². The number of halogens is 4. The number of anilines is 3. The Morgan fingerprint density at radius 1 is 0.949 bits per heavy atom. The number of hydrogen-bond acceptors (Lipinski definition) is 6. The lowest BCUT2D eigenvalue weighted by molar-refractivity contribution is 0.386. The third-order valence-electron chi connectivity index (χ3n) is 7.50. The Balaban J connectivity index is 1.40. The van der Waals surface area contributed by atoms with Gasteiger partial charge in [-0.25, -0.2) is 27.5 Å². The minimum atomic E-state index is -0.834. The summed E-state index contributed by atoms with van der Waals surface area (Å²) in [6.45, 7) is 6.40. The first-order valence-corrected chi connectivity index (χ1v) is 12.8. The summed E-state index contributed by atoms with van der Waals surface area (Å²) in [4.78, 5) is 22.5. The van der Waals surface area contributed by atoms with E-state index in [1.807, 2.05) is 18.4 Å². The second-order valence-corrected chi connectivity index (χ2v) is 10.5. The molecule has 0 atom stereocenters. The summed E-state index contributed by atoms with van der Waals surface area (Å²) in [5.41, 5.74) is 0.0877. The van der Waals surface area contributed by atoms with Crippen molar-refractivity contribution in [1.82, 2.24) is 19.9 Å². The van der Waals surface area contributed by atoms with Gasteiger partial charge in [-0.1, -0.05) is 0 Å². The lowest BCUT2D eigenvalue weighted by Gasteiger charge is -2.30. The number of nitrogens with zero attached hydrogens (tertiary/aromatic N) is 4. The van der Waals surface area contributed by atoms with E-state index in [0.717, 1.165) is 36.5 Å². The Bertz CT molecular complexity index is 1680. The maximum absolute atomic E-state index is 15.3. The minimum Gasteiger partial charge on any atom is -0.367 e. The first-order valence-electron chi connectivity index (χ1n) is 12.8. The Morgan fingerprint density at radius 2 is 1.72 bits per heavy atom. The molecule has 0 amide bonds. The molecule has 202 valence electrons. The summed E-state index contributed by atoms with van der Waals surface area (Å²) >= 11 is 0. The van der Waals surface area contributed by atoms with Crippen LogP contribution in [0.4, 0.5) is 34.9 Å². The molecule has 0 radical (unpaired) electrons. The summed E-state index contributed by atoms with van der Waals surface area (Å²) in [5.74, 6) is -3.18. The number of pyridine rings is 1. The van der Waals surface area contributed by atoms with E-state index >= 15 is 4.39 Å². The van der Waals surface area contributed by atoms with Crippen LogP contribution in [0.15, 0.2) is 41.3 Å². The Morgan fingerprint density at radius 3 is 2.49 bits per heavy atom. The molecule has 0 saturated carbocycles. The highest BCUT2D eigenvalue weighted by Crippen LogP contribution is 2.36. The van der Waals surface area contributed by atoms with E-state index in [0.29, 0.717) is 38.1 Å². The van der Waals surface area contributed by atoms with Crippen LogP contribution in [0, 0.1) is 23.3 Å². The Labute approximate surface area is 221 Å². The van der Waals surface area contributed by atoms with Crippen LogP contribution in [0.25, 0.3) is 22.2 Å². The molecule has 4 aromatic rings. The number of rotatable bonds is 4. The molecule has 7 nitrogen and oxygen atoms in total. The van der Waals surface area contributed by atoms with Crippen molar-refractivity contribution >= 4 is 28.2 Å². The summed E-state index contributed by atoms with van der Waals surface area (Å²) in [6.07, 6.45) is 2.31. The van der Waals surface area contributed by atoms with Gasteiger partial charge in [0.2, 0.25) is 5.95 Å². The van der Waals surface area contributed by atoms with Crippen LogP contribution in [0.1, 0.15) is 26.0 Å². The van der Waals surface area contributed by atoms with Crippen LogP contribution in [-0.4, -0.2) is 40.7 Å². The number of piperazine rings is 1. The van der Waals surface area contributed by atoms with Gasteiger partial charge in [-0.3, -0.25) is 4.79 Å². The van der Waals surface area contributed by atoms with Crippen LogP contribution in [0.2, 0.25) is 0 Å². The van der Waals surface area contributed by atoms with E-state index in [2.05, 4.69) is 20.6 Å². The van der Waals surface area contributed by atoms with Gasteiger partial charge < -0.3 is 20.1 Å². The molecule has 2 aromatic heterocycles. The Kier molecular flexibility index (Phi) is 6.05. The topological polar surface area (TPSA) is 75.1 Å². The molecule has 1 saturated heterocycles. The maximum atomic E-state index is 15.3. The molecule has 0 aliphatic carbocycles. The van der Waals surface area contributed by atoms with E-state index in [1.54, 1.807) is 4.90 Å². The molecular weight excluding hydrogens is 512 g/mol. The lowest BCUT2D eigenvalue weighted by Crippen LogP contribution is -2.43. The average molecular weight is 539 g/mol. The fourth-order valence-electron chi connectivity index (χ4n) is 5.57. The van der Waals surface area contributed by atoms with Crippen molar-refractivity contribution in [2.24, 2.45) is 0 Å². The second kappa shape index (κ2) is 9.33. The van der Waals surface area contributed by atoms with Gasteiger partial charge >= 0.3 is 0 Å². The molecule has 2 aliphatic heterocycles. The van der Waals surface area contributed by atoms with E-state index in [4.69, 9.17) is 0 Å². The summed E-state index contributed by atoms with van der Waals surface area (Å²) in [6, 6.07) is 6.15. The summed E-state index contributed by atoms with van der Waals surface area (Å²) in [7, 11) is 0. The third-order valence-corrected chi connectivity index (χ3v) is 7.50. The Hall–Kier alpha value is -3.99. The number of benzene rings is 2. The average Bonchev–Trinajstić information content (AvgIpc) is 3.21. The molecule has 0 unspecified atom stereocenters. The highest BCUT2D eigenvalue weighted by atomic mass is 19.1. The first kappa shape index (κ1) is 25.3. The lowest BCUT2D eigenvalue weighted by atomic mass is 10.0. The van der Waals surface area contributed by atoms with Crippen LogP contribution in [0.5, 0.6) is 0 Å². The zero-order valence-electron chi connectivity index (χ0n) is 21.4. The second-order valence-electron chi connectivity index (χ2n) is 10.5. The van der Waals surface area contributed by atoms with Crippen LogP contribution in [-0.2, 0) is 12.0 Å². The largest absolute Gasteiger partial charge is 0.367 e. The molecule has 2 N–H and O–H groups in total. The van der Waals surface area contributed by atoms with Crippen LogP contribution in [0.3, 0.4) is 0 Å². The normalized spacial score (nSPS) is 16.5. The van der Waals surface area contributed by atoms with Crippen molar-refractivity contribution in [3.63, 3.8) is 0 Å². The van der Waals surface area contributed by atoms with E-state index in [9.17, 15) is 18.0 Å². The van der Waals surface area contributed by atoms with Crippen molar-refractivity contribution < 1.29 is 17.6 Å². The quantitative estimate of drug-likeness (QED) is 0.362. The summed E-state index contributed by atoms with van der Waals surface area (Å²) < 4.78 is 62.0. The first-order chi connectivity index (χ1) is 18.6. The predicted molar refractivity (Wildman–Crippen MR) is 142 cm³/mol. The van der Waals surface area contributed by atoms with Crippen molar-refractivity contribution in [2.45, 2.75) is 32.2 Å². The zero-order chi connectivity index (χ0) is 27.5. The number of hydrogen-bond donors (Lipinski definition) is 2. The highest BCUT2D eigenvalue weighted by Gasteiger charge is 2.31. The standard InChI is InChI=1S/C28H26F4N6O/c1-28(2)4-3-16-11-24(39)25-19(31)9-15(10-23(25)38(16)28)26-20(32)14-34-27(36-26)35-21-12-18(30)22(13-17(21)29)37-7-5-33-6-8-37/h9-14,33H,3-8H2,1-2H3,(H,34,35,36). The number of nitrogens with one attached hydrogen (secondary N) is 2. The molecule has 6 rings (SSSR count). The van der Waals surface area contributed by atoms with Crippen LogP contribution >= 0.6 is 0 Å². The highest BCUT2D eigenvalue weighted by molar-refractivity contribution is 5.85. The number of aromatic nitrogens is 3. The van der Waals surface area contributed by atoms with Crippen LogP contribution < -0.4 is 21.0 Å². The van der Waals surface area contributed by atoms with Crippen molar-refractivity contribution in [3.05, 3.63) is 75.7 Å². The summed E-state index contributed by atoms with van der Waals surface area (Å²) in [5, 5.41) is 5.70. The minimum absolute atomic E-state index is 0.0765. The third kappa shape index (κ3) is 4.40. The molecular formula is C28H26F4N6O. The van der Waals surface area contributed by atoms with Gasteiger partial charge in [-0.05, 0) is 38.8 Å². The monoisotopic (exact) mass is 538 g/mol. The fourth-order valence-corrected chi connectivity index (χ4v) is 5.57. The molecule has 2 aromatic carbocycles. The van der Waals surface area contributed by atoms with Crippen molar-refractivity contribution in [1.29, 1.82) is 0 Å². The SMILES string of the molecule is CC1(C)CCc2cc(=O)c3c(F)cc(-c4nc(Nc5cc(F)c(N6CCNCC6)cc5F)ncc4F)cc3n21. The maximum Gasteiger partial charge on any atom is 0.228 e. The molecule has 4 heterocycles. The zero-order valence-corrected chi connectivity index (χ0v) is 21.4. The van der Waals surface area contributed by atoms with Gasteiger partial charge in [0, 0.05) is 61.2 Å². The molecule has 0 bridgehead atoms. The van der Waals surface area contributed by atoms with Gasteiger partial charge in [0.1, 0.15) is 23.1 Å². The number of aryl methyl sites for hydroxylation is 1. The molecule has 1 fully saturated rings. The molecule has 39 heavy (non-hydrogen) atoms. The van der Waals surface area contributed by atoms with E-state index in [-0.39, 0.29) is 39.5 Å². The predicted octanol–water partition coefficient (Wildman–Crippen LogP) is 4.85. The fraction of sp³-hybridized carbons (Fsp3) is 0.321. The molecule has 0 spiro atoms. The molecule has 11 heteroatoms. The molecule has 2 aliphatic rings. The van der Waals surface area contributed by atoms with Crippen molar-refractivity contribution in [3.8, 4) is 11.3 Å². The van der Waals surface area contributed by atoms with E-state index < -0.39 is 28.7 Å². The van der Waals surface area contributed by atoms with Crippen molar-refractivity contribution in [2.75, 3.05) is 36.4 Å². The van der Waals surface area contributed by atoms with Gasteiger partial charge in [-0.2, -0.15) is 0 Å². The van der Waals surface area contributed by atoms with Gasteiger partial charge in [0.05, 0.1) is 28.5 Å². The van der Waals surface area contributed by atoms with E-state index in [1.165, 1.54) is 12.1 Å².